The first kappa shape index (κ1) is 11.4. The Labute approximate surface area is 105 Å². The van der Waals surface area contributed by atoms with Crippen LogP contribution in [-0.4, -0.2) is 33.4 Å². The molecule has 0 aromatic carbocycles. The van der Waals surface area contributed by atoms with Crippen LogP contribution in [0.2, 0.25) is 0 Å². The van der Waals surface area contributed by atoms with Gasteiger partial charge in [0.1, 0.15) is 12.4 Å². The molecular weight excluding hydrogens is 230 g/mol. The van der Waals surface area contributed by atoms with E-state index in [1.165, 1.54) is 12.8 Å². The van der Waals surface area contributed by atoms with Gasteiger partial charge < -0.3 is 10.1 Å². The van der Waals surface area contributed by atoms with Crippen molar-refractivity contribution in [2.24, 2.45) is 13.0 Å². The highest BCUT2D eigenvalue weighted by atomic mass is 16.5. The van der Waals surface area contributed by atoms with Crippen molar-refractivity contribution >= 4 is 16.9 Å². The molecule has 0 spiro atoms. The summed E-state index contributed by atoms with van der Waals surface area (Å²) in [6.45, 7) is 1.29. The second-order valence-electron chi connectivity index (χ2n) is 4.70. The van der Waals surface area contributed by atoms with Crippen LogP contribution in [0.3, 0.4) is 0 Å². The molecule has 3 rings (SSSR count). The van der Waals surface area contributed by atoms with Crippen molar-refractivity contribution in [1.82, 2.24) is 19.7 Å². The van der Waals surface area contributed by atoms with Crippen molar-refractivity contribution in [2.45, 2.75) is 19.4 Å². The Balaban J connectivity index is 1.83. The second-order valence-corrected chi connectivity index (χ2v) is 4.70. The first-order valence-electron chi connectivity index (χ1n) is 6.22. The zero-order valence-electron chi connectivity index (χ0n) is 10.7. The number of rotatable bonds is 5. The molecule has 1 fully saturated rings. The summed E-state index contributed by atoms with van der Waals surface area (Å²) < 4.78 is 7.38. The normalized spacial score (nSPS) is 15.2. The molecule has 0 atom stereocenters. The highest BCUT2D eigenvalue weighted by Gasteiger charge is 2.21. The summed E-state index contributed by atoms with van der Waals surface area (Å²) in [6, 6.07) is 0. The van der Waals surface area contributed by atoms with Crippen LogP contribution in [0.25, 0.3) is 11.0 Å². The highest BCUT2D eigenvalue weighted by Crippen LogP contribution is 2.29. The number of nitrogens with one attached hydrogen (secondary N) is 1. The number of nitrogens with zero attached hydrogens (tertiary/aromatic N) is 4. The lowest BCUT2D eigenvalue weighted by atomic mass is 10.4. The van der Waals surface area contributed by atoms with Crippen molar-refractivity contribution in [1.29, 1.82) is 0 Å². The van der Waals surface area contributed by atoms with Gasteiger partial charge in [0.25, 0.3) is 0 Å². The van der Waals surface area contributed by atoms with Gasteiger partial charge in [-0.05, 0) is 18.8 Å². The maximum absolute atomic E-state index is 5.63. The molecule has 0 saturated heterocycles. The maximum atomic E-state index is 5.63. The van der Waals surface area contributed by atoms with Crippen LogP contribution >= 0.6 is 0 Å². The van der Waals surface area contributed by atoms with Crippen LogP contribution in [0.5, 0.6) is 0 Å². The summed E-state index contributed by atoms with van der Waals surface area (Å²) in [6.07, 6.45) is 4.36. The van der Waals surface area contributed by atoms with Crippen molar-refractivity contribution in [3.05, 3.63) is 12.0 Å². The summed E-state index contributed by atoms with van der Waals surface area (Å²) in [5.74, 6) is 2.27. The van der Waals surface area contributed by atoms with E-state index in [-0.39, 0.29) is 0 Å². The third-order valence-electron chi connectivity index (χ3n) is 3.16. The molecule has 0 amide bonds. The van der Waals surface area contributed by atoms with Crippen LogP contribution < -0.4 is 5.32 Å². The van der Waals surface area contributed by atoms with Gasteiger partial charge in [-0.1, -0.05) is 0 Å². The number of aromatic nitrogens is 4. The Bertz CT molecular complexity index is 561. The molecule has 1 aliphatic carbocycles. The van der Waals surface area contributed by atoms with E-state index in [0.29, 0.717) is 12.4 Å². The summed E-state index contributed by atoms with van der Waals surface area (Å²) in [5, 5.41) is 8.21. The van der Waals surface area contributed by atoms with Gasteiger partial charge in [0, 0.05) is 20.7 Å². The Morgan fingerprint density at radius 3 is 3.00 bits per heavy atom. The third-order valence-corrected chi connectivity index (χ3v) is 3.16. The lowest BCUT2D eigenvalue weighted by Gasteiger charge is -2.06. The smallest absolute Gasteiger partial charge is 0.163 e. The van der Waals surface area contributed by atoms with E-state index in [0.717, 1.165) is 29.4 Å². The van der Waals surface area contributed by atoms with Crippen molar-refractivity contribution in [2.75, 3.05) is 19.0 Å². The van der Waals surface area contributed by atoms with Crippen molar-refractivity contribution < 1.29 is 4.74 Å². The molecule has 18 heavy (non-hydrogen) atoms. The quantitative estimate of drug-likeness (QED) is 0.863. The number of anilines is 1. The Morgan fingerprint density at radius 2 is 2.28 bits per heavy atom. The van der Waals surface area contributed by atoms with Gasteiger partial charge in [-0.2, -0.15) is 5.10 Å². The minimum atomic E-state index is 0.465. The number of aryl methyl sites for hydroxylation is 1. The fraction of sp³-hybridized carbons (Fsp3) is 0.583. The molecule has 6 heteroatoms. The molecule has 1 saturated carbocycles. The minimum absolute atomic E-state index is 0.465. The lowest BCUT2D eigenvalue weighted by Crippen LogP contribution is -2.06. The Hall–Kier alpha value is -1.69. The Kier molecular flexibility index (Phi) is 2.87. The monoisotopic (exact) mass is 247 g/mol. The van der Waals surface area contributed by atoms with E-state index >= 15 is 0 Å². The lowest BCUT2D eigenvalue weighted by molar-refractivity contribution is 0.106. The molecule has 2 heterocycles. The van der Waals surface area contributed by atoms with E-state index in [4.69, 9.17) is 4.74 Å². The molecule has 96 valence electrons. The van der Waals surface area contributed by atoms with E-state index < -0.39 is 0 Å². The standard InChI is InChI=1S/C12H17N5O/c1-13-11-9-5-14-17(2)12(9)16-10(15-11)7-18-6-8-3-4-8/h5,8H,3-4,6-7H2,1-2H3,(H,13,15,16). The molecule has 0 unspecified atom stereocenters. The summed E-state index contributed by atoms with van der Waals surface area (Å²) >= 11 is 0. The molecule has 2 aromatic rings. The van der Waals surface area contributed by atoms with Gasteiger partial charge in [0.05, 0.1) is 11.6 Å². The van der Waals surface area contributed by atoms with Gasteiger partial charge in [-0.15, -0.1) is 0 Å². The van der Waals surface area contributed by atoms with Gasteiger partial charge in [0.2, 0.25) is 0 Å². The fourth-order valence-corrected chi connectivity index (χ4v) is 1.92. The summed E-state index contributed by atoms with van der Waals surface area (Å²) in [5.41, 5.74) is 0.833. The average molecular weight is 247 g/mol. The largest absolute Gasteiger partial charge is 0.373 e. The topological polar surface area (TPSA) is 64.9 Å². The van der Waals surface area contributed by atoms with E-state index in [2.05, 4.69) is 20.4 Å². The van der Waals surface area contributed by atoms with Crippen LogP contribution in [0.4, 0.5) is 5.82 Å². The van der Waals surface area contributed by atoms with Gasteiger partial charge in [-0.25, -0.2) is 9.97 Å². The van der Waals surface area contributed by atoms with Crippen molar-refractivity contribution in [3.8, 4) is 0 Å². The summed E-state index contributed by atoms with van der Waals surface area (Å²) in [7, 11) is 3.73. The number of fused-ring (bicyclic) bond motifs is 1. The van der Waals surface area contributed by atoms with E-state index in [9.17, 15) is 0 Å². The predicted octanol–water partition coefficient (Wildman–Crippen LogP) is 1.33. The van der Waals surface area contributed by atoms with Crippen LogP contribution in [0.1, 0.15) is 18.7 Å². The third kappa shape index (κ3) is 2.15. The van der Waals surface area contributed by atoms with Crippen molar-refractivity contribution in [3.63, 3.8) is 0 Å². The summed E-state index contributed by atoms with van der Waals surface area (Å²) in [4.78, 5) is 8.93. The average Bonchev–Trinajstić information content (AvgIpc) is 3.13. The SMILES string of the molecule is CNc1nc(COCC2CC2)nc2c1cnn2C. The minimum Gasteiger partial charge on any atom is -0.373 e. The van der Waals surface area contributed by atoms with Crippen LogP contribution in [0.15, 0.2) is 6.20 Å². The van der Waals surface area contributed by atoms with Gasteiger partial charge in [-0.3, -0.25) is 4.68 Å². The molecular formula is C12H17N5O. The van der Waals surface area contributed by atoms with Crippen LogP contribution in [0, 0.1) is 5.92 Å². The molecule has 6 nitrogen and oxygen atoms in total. The molecule has 0 radical (unpaired) electrons. The van der Waals surface area contributed by atoms with Gasteiger partial charge >= 0.3 is 0 Å². The number of hydrogen-bond donors (Lipinski definition) is 1. The predicted molar refractivity (Wildman–Crippen MR) is 68.2 cm³/mol. The molecule has 0 aliphatic heterocycles. The molecule has 1 aliphatic rings. The second kappa shape index (κ2) is 4.53. The zero-order chi connectivity index (χ0) is 12.5. The molecule has 1 N–H and O–H groups in total. The maximum Gasteiger partial charge on any atom is 0.163 e. The van der Waals surface area contributed by atoms with E-state index in [1.54, 1.807) is 10.9 Å². The molecule has 2 aromatic heterocycles. The van der Waals surface area contributed by atoms with E-state index in [1.807, 2.05) is 14.1 Å². The Morgan fingerprint density at radius 1 is 1.44 bits per heavy atom. The number of hydrogen-bond acceptors (Lipinski definition) is 5. The zero-order valence-corrected chi connectivity index (χ0v) is 10.7. The van der Waals surface area contributed by atoms with Gasteiger partial charge in [0.15, 0.2) is 11.5 Å². The number of ether oxygens (including phenoxy) is 1. The molecule has 0 bridgehead atoms. The first-order chi connectivity index (χ1) is 8.78. The first-order valence-corrected chi connectivity index (χ1v) is 6.22. The van der Waals surface area contributed by atoms with Crippen LogP contribution in [-0.2, 0) is 18.4 Å². The fourth-order valence-electron chi connectivity index (χ4n) is 1.92. The highest BCUT2D eigenvalue weighted by molar-refractivity contribution is 5.86.